The van der Waals surface area contributed by atoms with Crippen LogP contribution in [0.15, 0.2) is 35.7 Å². The summed E-state index contributed by atoms with van der Waals surface area (Å²) in [5, 5.41) is 16.5. The maximum Gasteiger partial charge on any atom is 0.331 e. The molecule has 0 bridgehead atoms. The molecule has 0 radical (unpaired) electrons. The van der Waals surface area contributed by atoms with E-state index in [1.807, 2.05) is 0 Å². The van der Waals surface area contributed by atoms with Crippen LogP contribution in [0.1, 0.15) is 35.1 Å². The summed E-state index contributed by atoms with van der Waals surface area (Å²) in [6.45, 7) is 3.51. The van der Waals surface area contributed by atoms with Gasteiger partial charge in [-0.05, 0) is 66.8 Å². The van der Waals surface area contributed by atoms with Gasteiger partial charge in [-0.1, -0.05) is 12.6 Å². The van der Waals surface area contributed by atoms with E-state index in [4.69, 9.17) is 0 Å². The van der Waals surface area contributed by atoms with Gasteiger partial charge in [-0.15, -0.1) is 0 Å². The molecule has 1 aromatic heterocycles. The number of urea groups is 1. The van der Waals surface area contributed by atoms with Gasteiger partial charge in [0.05, 0.1) is 6.54 Å². The number of nitrogens with one attached hydrogen (secondary N) is 2. The van der Waals surface area contributed by atoms with Gasteiger partial charge in [0.15, 0.2) is 16.0 Å². The summed E-state index contributed by atoms with van der Waals surface area (Å²) in [4.78, 5) is 12.5. The first kappa shape index (κ1) is 17.8. The van der Waals surface area contributed by atoms with E-state index in [2.05, 4.69) is 27.8 Å². The molecule has 1 aromatic carbocycles. The molecule has 0 spiro atoms. The van der Waals surface area contributed by atoms with E-state index >= 15 is 0 Å². The van der Waals surface area contributed by atoms with Crippen molar-refractivity contribution in [1.82, 2.24) is 14.5 Å². The number of hydrogen-bond acceptors (Lipinski definition) is 4. The number of carbonyl (C=O) groups is 1. The molecule has 0 saturated carbocycles. The average molecular weight is 386 g/mol. The fraction of sp³-hybridized carbons (Fsp3) is 0.368. The number of aliphatic hydroxyl groups is 1. The van der Waals surface area contributed by atoms with Crippen LogP contribution in [0, 0.1) is 0 Å². The molecule has 1 unspecified atom stereocenters. The van der Waals surface area contributed by atoms with Crippen LogP contribution in [0.2, 0.25) is 0 Å². The number of allylic oxidation sites excluding steroid dienone is 1. The summed E-state index contributed by atoms with van der Waals surface area (Å²) in [6, 6.07) is 3.34. The third-order valence-electron chi connectivity index (χ3n) is 5.05. The van der Waals surface area contributed by atoms with Crippen LogP contribution in [0.5, 0.6) is 0 Å². The molecule has 2 aliphatic carbocycles. The van der Waals surface area contributed by atoms with E-state index in [1.165, 1.54) is 33.0 Å². The van der Waals surface area contributed by atoms with Gasteiger partial charge < -0.3 is 10.4 Å². The van der Waals surface area contributed by atoms with Gasteiger partial charge >= 0.3 is 6.03 Å². The SMILES string of the molecule is C=C(O)Cn1ccc(S(=O)NC(=O)Nc2c3c(cc4c2CCC4)CCC3)n1. The lowest BCUT2D eigenvalue weighted by molar-refractivity contribution is 0.257. The number of aliphatic hydroxyl groups excluding tert-OH is 1. The van der Waals surface area contributed by atoms with Gasteiger partial charge in [-0.3, -0.25) is 9.40 Å². The molecule has 0 fully saturated rings. The van der Waals surface area contributed by atoms with Gasteiger partial charge in [0.2, 0.25) is 0 Å². The van der Waals surface area contributed by atoms with Crippen LogP contribution in [0.3, 0.4) is 0 Å². The first-order valence-corrected chi connectivity index (χ1v) is 10.2. The van der Waals surface area contributed by atoms with Gasteiger partial charge in [-0.2, -0.15) is 5.10 Å². The first-order chi connectivity index (χ1) is 13.0. The fourth-order valence-corrected chi connectivity index (χ4v) is 4.65. The zero-order valence-corrected chi connectivity index (χ0v) is 15.8. The quantitative estimate of drug-likeness (QED) is 0.689. The Labute approximate surface area is 160 Å². The largest absolute Gasteiger partial charge is 0.511 e. The lowest BCUT2D eigenvalue weighted by Crippen LogP contribution is -2.31. The summed E-state index contributed by atoms with van der Waals surface area (Å²) in [7, 11) is -1.78. The molecule has 2 aliphatic rings. The Morgan fingerprint density at radius 2 is 1.89 bits per heavy atom. The molecule has 27 heavy (non-hydrogen) atoms. The Morgan fingerprint density at radius 1 is 1.22 bits per heavy atom. The molecule has 7 nitrogen and oxygen atoms in total. The number of amides is 2. The second-order valence-electron chi connectivity index (χ2n) is 6.98. The van der Waals surface area contributed by atoms with E-state index < -0.39 is 17.0 Å². The van der Waals surface area contributed by atoms with Crippen molar-refractivity contribution in [1.29, 1.82) is 0 Å². The lowest BCUT2D eigenvalue weighted by Gasteiger charge is -2.16. The highest BCUT2D eigenvalue weighted by Gasteiger charge is 2.25. The lowest BCUT2D eigenvalue weighted by atomic mass is 9.99. The number of rotatable bonds is 5. The summed E-state index contributed by atoms with van der Waals surface area (Å²) < 4.78 is 16.3. The third-order valence-corrected chi connectivity index (χ3v) is 6.02. The monoisotopic (exact) mass is 386 g/mol. The molecule has 0 saturated heterocycles. The van der Waals surface area contributed by atoms with Crippen molar-refractivity contribution in [2.75, 3.05) is 5.32 Å². The van der Waals surface area contributed by atoms with Crippen molar-refractivity contribution in [3.05, 3.63) is 52.9 Å². The van der Waals surface area contributed by atoms with Crippen LogP contribution in [-0.2, 0) is 43.2 Å². The van der Waals surface area contributed by atoms with Crippen molar-refractivity contribution in [3.8, 4) is 0 Å². The highest BCUT2D eigenvalue weighted by Crippen LogP contribution is 2.38. The Balaban J connectivity index is 1.48. The topological polar surface area (TPSA) is 96.3 Å². The molecule has 142 valence electrons. The molecule has 8 heteroatoms. The molecule has 4 rings (SSSR count). The van der Waals surface area contributed by atoms with Crippen molar-refractivity contribution < 1.29 is 14.1 Å². The minimum atomic E-state index is -1.78. The second-order valence-corrected chi connectivity index (χ2v) is 8.14. The zero-order chi connectivity index (χ0) is 19.0. The number of aryl methyl sites for hydroxylation is 2. The average Bonchev–Trinajstić information content (AvgIpc) is 3.33. The standard InChI is InChI=1S/C19H22N4O3S/c1-12(24)11-23-9-8-17(21-23)27(26)22-19(25)20-18-15-6-2-4-13(15)10-14-5-3-7-16(14)18/h8-10,24H,1-7,11H2,(H2,20,22,25). The van der Waals surface area contributed by atoms with E-state index in [9.17, 15) is 14.1 Å². The normalized spacial score (nSPS) is 15.9. The maximum absolute atomic E-state index is 12.5. The molecular weight excluding hydrogens is 364 g/mol. The summed E-state index contributed by atoms with van der Waals surface area (Å²) in [5.74, 6) is -0.0482. The molecular formula is C19H22N4O3S. The van der Waals surface area contributed by atoms with Crippen LogP contribution in [0.25, 0.3) is 0 Å². The summed E-state index contributed by atoms with van der Waals surface area (Å²) >= 11 is 0. The van der Waals surface area contributed by atoms with Gasteiger partial charge in [0, 0.05) is 11.9 Å². The number of hydrogen-bond donors (Lipinski definition) is 3. The zero-order valence-electron chi connectivity index (χ0n) is 15.0. The fourth-order valence-electron chi connectivity index (χ4n) is 3.96. The number of nitrogens with zero attached hydrogens (tertiary/aromatic N) is 2. The Morgan fingerprint density at radius 3 is 2.52 bits per heavy atom. The number of fused-ring (bicyclic) bond motifs is 2. The minimum absolute atomic E-state index is 0.0482. The van der Waals surface area contributed by atoms with E-state index in [0.717, 1.165) is 44.2 Å². The first-order valence-electron chi connectivity index (χ1n) is 9.07. The minimum Gasteiger partial charge on any atom is -0.511 e. The predicted molar refractivity (Wildman–Crippen MR) is 103 cm³/mol. The van der Waals surface area contributed by atoms with Crippen molar-refractivity contribution in [2.24, 2.45) is 0 Å². The number of carbonyl (C=O) groups excluding carboxylic acids is 1. The van der Waals surface area contributed by atoms with Crippen LogP contribution >= 0.6 is 0 Å². The Hall–Kier alpha value is -2.61. The molecule has 2 amide bonds. The Bertz CT molecular complexity index is 918. The van der Waals surface area contributed by atoms with Crippen molar-refractivity contribution in [2.45, 2.75) is 50.1 Å². The smallest absolute Gasteiger partial charge is 0.331 e. The maximum atomic E-state index is 12.5. The predicted octanol–water partition coefficient (Wildman–Crippen LogP) is 2.78. The summed E-state index contributed by atoms with van der Waals surface area (Å²) in [6.07, 6.45) is 7.83. The Kier molecular flexibility index (Phi) is 4.73. The highest BCUT2D eigenvalue weighted by atomic mass is 32.2. The molecule has 1 heterocycles. The molecule has 1 atom stereocenters. The van der Waals surface area contributed by atoms with Gasteiger partial charge in [0.1, 0.15) is 5.76 Å². The van der Waals surface area contributed by atoms with Crippen molar-refractivity contribution >= 4 is 22.7 Å². The molecule has 3 N–H and O–H groups in total. The number of benzene rings is 1. The van der Waals surface area contributed by atoms with Crippen LogP contribution in [-0.4, -0.2) is 25.1 Å². The van der Waals surface area contributed by atoms with Crippen molar-refractivity contribution in [3.63, 3.8) is 0 Å². The highest BCUT2D eigenvalue weighted by molar-refractivity contribution is 7.83. The van der Waals surface area contributed by atoms with E-state index in [0.29, 0.717) is 0 Å². The van der Waals surface area contributed by atoms with E-state index in [1.54, 1.807) is 6.20 Å². The molecule has 2 aromatic rings. The number of anilines is 1. The summed E-state index contributed by atoms with van der Waals surface area (Å²) in [5.41, 5.74) is 6.02. The van der Waals surface area contributed by atoms with Crippen LogP contribution in [0.4, 0.5) is 10.5 Å². The third kappa shape index (κ3) is 3.62. The second kappa shape index (κ2) is 7.19. The van der Waals surface area contributed by atoms with Gasteiger partial charge in [-0.25, -0.2) is 9.00 Å². The van der Waals surface area contributed by atoms with Gasteiger partial charge in [0.25, 0.3) is 0 Å². The van der Waals surface area contributed by atoms with E-state index in [-0.39, 0.29) is 17.3 Å². The van der Waals surface area contributed by atoms with Crippen LogP contribution < -0.4 is 10.0 Å². The molecule has 0 aliphatic heterocycles. The number of aromatic nitrogens is 2.